The molecule has 4 nitrogen and oxygen atoms in total. The van der Waals surface area contributed by atoms with E-state index in [2.05, 4.69) is 46.0 Å². The summed E-state index contributed by atoms with van der Waals surface area (Å²) in [5.41, 5.74) is 1.64. The number of rotatable bonds is 7. The standard InChI is InChI=1S/C15H31N2.CH2O2/c1-6-9-11-14-13-16(4)15(12-10-7-2)17(14,5)8-3;2-1-3/h13,15H,6-12H2,1-5H3;1H,(H,2,3)/q+1;/p-1. The summed E-state index contributed by atoms with van der Waals surface area (Å²) in [4.78, 5) is 10.7. The molecular formula is C16H32N2O2. The normalized spacial score (nSPS) is 24.9. The summed E-state index contributed by atoms with van der Waals surface area (Å²) in [6.07, 6.45) is 11.0. The van der Waals surface area contributed by atoms with Crippen LogP contribution in [0.25, 0.3) is 0 Å². The number of hydrogen-bond donors (Lipinski definition) is 0. The highest BCUT2D eigenvalue weighted by atomic mass is 16.3. The van der Waals surface area contributed by atoms with Crippen molar-refractivity contribution in [3.8, 4) is 0 Å². The summed E-state index contributed by atoms with van der Waals surface area (Å²) in [6.45, 7) is 7.62. The fraction of sp³-hybridized carbons (Fsp3) is 0.812. The molecule has 0 aliphatic carbocycles. The molecule has 0 aromatic rings. The second-order valence-electron chi connectivity index (χ2n) is 5.69. The Bertz CT molecular complexity index is 305. The Morgan fingerprint density at radius 1 is 1.30 bits per heavy atom. The van der Waals surface area contributed by atoms with E-state index in [1.807, 2.05) is 0 Å². The van der Waals surface area contributed by atoms with Crippen molar-refractivity contribution in [2.24, 2.45) is 0 Å². The minimum absolute atomic E-state index is 0.500. The second kappa shape index (κ2) is 9.81. The van der Waals surface area contributed by atoms with E-state index in [0.717, 1.165) is 4.48 Å². The van der Waals surface area contributed by atoms with Crippen molar-refractivity contribution in [2.75, 3.05) is 20.6 Å². The Morgan fingerprint density at radius 2 is 1.85 bits per heavy atom. The molecule has 1 heterocycles. The number of carbonyl (C=O) groups excluding carboxylic acids is 1. The number of carboxylic acid groups (broad SMARTS) is 1. The highest BCUT2D eigenvalue weighted by Gasteiger charge is 2.41. The lowest BCUT2D eigenvalue weighted by Crippen LogP contribution is -2.52. The van der Waals surface area contributed by atoms with Crippen molar-refractivity contribution in [1.82, 2.24) is 4.90 Å². The Kier molecular flexibility index (Phi) is 9.30. The van der Waals surface area contributed by atoms with Crippen molar-refractivity contribution >= 4 is 6.47 Å². The van der Waals surface area contributed by atoms with E-state index in [1.54, 1.807) is 5.70 Å². The van der Waals surface area contributed by atoms with Crippen LogP contribution in [-0.4, -0.2) is 42.7 Å². The maximum atomic E-state index is 8.25. The van der Waals surface area contributed by atoms with Crippen LogP contribution in [0.3, 0.4) is 0 Å². The van der Waals surface area contributed by atoms with Crippen LogP contribution in [0.5, 0.6) is 0 Å². The topological polar surface area (TPSA) is 43.4 Å². The highest BCUT2D eigenvalue weighted by Crippen LogP contribution is 2.34. The zero-order valence-corrected chi connectivity index (χ0v) is 13.9. The molecule has 20 heavy (non-hydrogen) atoms. The smallest absolute Gasteiger partial charge is 0.168 e. The van der Waals surface area contributed by atoms with E-state index in [4.69, 9.17) is 9.90 Å². The molecular weight excluding hydrogens is 252 g/mol. The summed E-state index contributed by atoms with van der Waals surface area (Å²) in [5.74, 6) is 0. The van der Waals surface area contributed by atoms with Gasteiger partial charge in [-0.3, -0.25) is 4.48 Å². The first kappa shape index (κ1) is 19.0. The van der Waals surface area contributed by atoms with Crippen LogP contribution in [0, 0.1) is 0 Å². The van der Waals surface area contributed by atoms with Crippen LogP contribution < -0.4 is 5.11 Å². The molecule has 0 amide bonds. The molecule has 0 fully saturated rings. The van der Waals surface area contributed by atoms with Gasteiger partial charge in [-0.15, -0.1) is 0 Å². The third-order valence-corrected chi connectivity index (χ3v) is 4.40. The van der Waals surface area contributed by atoms with Gasteiger partial charge in [0.05, 0.1) is 19.8 Å². The molecule has 0 saturated carbocycles. The summed E-state index contributed by atoms with van der Waals surface area (Å²) in [7, 11) is 4.68. The number of quaternary nitrogens is 1. The van der Waals surface area contributed by atoms with Crippen LogP contribution in [0.4, 0.5) is 0 Å². The van der Waals surface area contributed by atoms with E-state index in [-0.39, 0.29) is 0 Å². The SMILES string of the molecule is CCCCC1=CN(C)C(CCCC)[N+]1(C)CC.O=C[O-]. The van der Waals surface area contributed by atoms with E-state index < -0.39 is 6.47 Å². The second-order valence-corrected chi connectivity index (χ2v) is 5.69. The molecule has 4 heteroatoms. The molecule has 0 spiro atoms. The van der Waals surface area contributed by atoms with Crippen LogP contribution in [0.1, 0.15) is 59.3 Å². The molecule has 0 saturated heterocycles. The van der Waals surface area contributed by atoms with Crippen LogP contribution in [-0.2, 0) is 4.79 Å². The third kappa shape index (κ3) is 4.82. The van der Waals surface area contributed by atoms with Gasteiger partial charge < -0.3 is 14.8 Å². The number of hydrogen-bond acceptors (Lipinski definition) is 3. The van der Waals surface area contributed by atoms with Crippen LogP contribution in [0.15, 0.2) is 11.9 Å². The van der Waals surface area contributed by atoms with Crippen molar-refractivity contribution in [3.05, 3.63) is 11.9 Å². The zero-order valence-electron chi connectivity index (χ0n) is 13.9. The van der Waals surface area contributed by atoms with Gasteiger partial charge in [-0.05, 0) is 19.8 Å². The van der Waals surface area contributed by atoms with Gasteiger partial charge in [0.1, 0.15) is 5.70 Å². The number of unbranched alkanes of at least 4 members (excludes halogenated alkanes) is 2. The van der Waals surface area contributed by atoms with Crippen molar-refractivity contribution in [3.63, 3.8) is 0 Å². The zero-order chi connectivity index (χ0) is 15.6. The Morgan fingerprint density at radius 3 is 2.30 bits per heavy atom. The molecule has 0 N–H and O–H groups in total. The van der Waals surface area contributed by atoms with E-state index in [0.29, 0.717) is 6.17 Å². The monoisotopic (exact) mass is 284 g/mol. The number of carbonyl (C=O) groups is 1. The molecule has 0 radical (unpaired) electrons. The third-order valence-electron chi connectivity index (χ3n) is 4.40. The predicted octanol–water partition coefficient (Wildman–Crippen LogP) is 2.31. The first-order valence-electron chi connectivity index (χ1n) is 7.85. The minimum Gasteiger partial charge on any atom is -0.554 e. The molecule has 1 aliphatic rings. The van der Waals surface area contributed by atoms with E-state index in [1.165, 1.54) is 45.1 Å². The maximum absolute atomic E-state index is 8.25. The van der Waals surface area contributed by atoms with E-state index in [9.17, 15) is 0 Å². The highest BCUT2D eigenvalue weighted by molar-refractivity contribution is 5.29. The lowest BCUT2D eigenvalue weighted by molar-refractivity contribution is -0.900. The largest absolute Gasteiger partial charge is 0.554 e. The first-order valence-corrected chi connectivity index (χ1v) is 7.85. The molecule has 1 aliphatic heterocycles. The molecule has 0 aromatic heterocycles. The van der Waals surface area contributed by atoms with Gasteiger partial charge in [0, 0.05) is 26.4 Å². The van der Waals surface area contributed by atoms with Crippen LogP contribution >= 0.6 is 0 Å². The van der Waals surface area contributed by atoms with Gasteiger partial charge in [0.15, 0.2) is 6.17 Å². The molecule has 1 rings (SSSR count). The van der Waals surface area contributed by atoms with Gasteiger partial charge >= 0.3 is 0 Å². The first-order chi connectivity index (χ1) is 9.51. The lowest BCUT2D eigenvalue weighted by Gasteiger charge is -2.39. The summed E-state index contributed by atoms with van der Waals surface area (Å²) in [5, 5.41) is 8.25. The molecule has 0 aromatic carbocycles. The molecule has 2 atom stereocenters. The fourth-order valence-electron chi connectivity index (χ4n) is 3.01. The van der Waals surface area contributed by atoms with Gasteiger partial charge in [-0.25, -0.2) is 0 Å². The Balaban J connectivity index is 0.00000110. The Labute approximate surface area is 124 Å². The fourth-order valence-corrected chi connectivity index (χ4v) is 3.01. The summed E-state index contributed by atoms with van der Waals surface area (Å²) >= 11 is 0. The summed E-state index contributed by atoms with van der Waals surface area (Å²) < 4.78 is 1.15. The average molecular weight is 284 g/mol. The van der Waals surface area contributed by atoms with Gasteiger partial charge in [0.2, 0.25) is 0 Å². The number of allylic oxidation sites excluding steroid dienone is 1. The molecule has 2 unspecified atom stereocenters. The van der Waals surface area contributed by atoms with Gasteiger partial charge in [-0.1, -0.05) is 26.7 Å². The van der Waals surface area contributed by atoms with E-state index >= 15 is 0 Å². The minimum atomic E-state index is -0.500. The maximum Gasteiger partial charge on any atom is 0.168 e. The van der Waals surface area contributed by atoms with Crippen molar-refractivity contribution < 1.29 is 14.4 Å². The number of nitrogens with zero attached hydrogens (tertiary/aromatic N) is 2. The van der Waals surface area contributed by atoms with Crippen molar-refractivity contribution in [1.29, 1.82) is 0 Å². The van der Waals surface area contributed by atoms with Gasteiger partial charge in [-0.2, -0.15) is 0 Å². The quantitative estimate of drug-likeness (QED) is 0.532. The average Bonchev–Trinajstić information content (AvgIpc) is 2.67. The molecule has 118 valence electrons. The molecule has 0 bridgehead atoms. The predicted molar refractivity (Wildman–Crippen MR) is 81.5 cm³/mol. The summed E-state index contributed by atoms with van der Waals surface area (Å²) in [6, 6.07) is 0. The van der Waals surface area contributed by atoms with Crippen molar-refractivity contribution in [2.45, 2.75) is 65.5 Å². The Hall–Kier alpha value is -1.03. The van der Waals surface area contributed by atoms with Crippen LogP contribution in [0.2, 0.25) is 0 Å². The lowest BCUT2D eigenvalue weighted by atomic mass is 10.1. The van der Waals surface area contributed by atoms with Gasteiger partial charge in [0.25, 0.3) is 0 Å².